The summed E-state index contributed by atoms with van der Waals surface area (Å²) in [5.74, 6) is 1.38. The smallest absolute Gasteiger partial charge is 0.335 e. The minimum Gasteiger partial charge on any atom is -0.478 e. The standard InChI is InChI=1S/C23H20ClN3O5/c1-4-9-27(17-7-5-15(6-8-17)23(30)31)12-16-10-18-20(11-19(16)24)25-21(13-32-14(2)28)26(3)22(18)29/h1,5-8,10-11H,9,12-13H2,2-3H3,(H,30,31). The van der Waals surface area contributed by atoms with Crippen molar-refractivity contribution in [3.05, 3.63) is 68.7 Å². The van der Waals surface area contributed by atoms with Gasteiger partial charge in [0.15, 0.2) is 0 Å². The van der Waals surface area contributed by atoms with Gasteiger partial charge in [-0.2, -0.15) is 0 Å². The first-order valence-electron chi connectivity index (χ1n) is 9.54. The Morgan fingerprint density at radius 2 is 1.97 bits per heavy atom. The fraction of sp³-hybridized carbons (Fsp3) is 0.217. The highest BCUT2D eigenvalue weighted by atomic mass is 35.5. The van der Waals surface area contributed by atoms with Crippen LogP contribution in [0.2, 0.25) is 5.02 Å². The van der Waals surface area contributed by atoms with Crippen LogP contribution in [-0.4, -0.2) is 33.1 Å². The number of terminal acetylenes is 1. The van der Waals surface area contributed by atoms with Gasteiger partial charge in [0.25, 0.3) is 5.56 Å². The molecule has 1 aromatic heterocycles. The molecule has 32 heavy (non-hydrogen) atoms. The second-order valence-electron chi connectivity index (χ2n) is 7.05. The number of carbonyl (C=O) groups is 2. The SMILES string of the molecule is C#CCN(Cc1cc2c(=O)n(C)c(COC(C)=O)nc2cc1Cl)c1ccc(C(=O)O)cc1. The highest BCUT2D eigenvalue weighted by molar-refractivity contribution is 6.32. The van der Waals surface area contributed by atoms with E-state index in [4.69, 9.17) is 27.9 Å². The average Bonchev–Trinajstić information content (AvgIpc) is 2.76. The van der Waals surface area contributed by atoms with Crippen LogP contribution in [0.5, 0.6) is 0 Å². The highest BCUT2D eigenvalue weighted by Gasteiger charge is 2.15. The topological polar surface area (TPSA) is 102 Å². The molecule has 0 atom stereocenters. The quantitative estimate of drug-likeness (QED) is 0.433. The fourth-order valence-corrected chi connectivity index (χ4v) is 3.39. The molecular formula is C23H20ClN3O5. The number of carboxylic acids is 1. The van der Waals surface area contributed by atoms with E-state index in [0.717, 1.165) is 0 Å². The van der Waals surface area contributed by atoms with Gasteiger partial charge in [0.2, 0.25) is 0 Å². The van der Waals surface area contributed by atoms with E-state index in [9.17, 15) is 14.4 Å². The molecule has 164 valence electrons. The number of esters is 1. The van der Waals surface area contributed by atoms with Crippen LogP contribution in [0.3, 0.4) is 0 Å². The summed E-state index contributed by atoms with van der Waals surface area (Å²) in [7, 11) is 1.55. The maximum atomic E-state index is 12.9. The molecule has 0 aliphatic heterocycles. The molecule has 0 amide bonds. The molecule has 1 N–H and O–H groups in total. The van der Waals surface area contributed by atoms with Crippen molar-refractivity contribution in [1.29, 1.82) is 0 Å². The van der Waals surface area contributed by atoms with Crippen LogP contribution in [0, 0.1) is 12.3 Å². The van der Waals surface area contributed by atoms with Gasteiger partial charge in [0, 0.05) is 31.2 Å². The van der Waals surface area contributed by atoms with Crippen molar-refractivity contribution in [1.82, 2.24) is 9.55 Å². The molecule has 9 heteroatoms. The van der Waals surface area contributed by atoms with Crippen LogP contribution in [0.15, 0.2) is 41.2 Å². The van der Waals surface area contributed by atoms with E-state index in [-0.39, 0.29) is 24.3 Å². The van der Waals surface area contributed by atoms with Gasteiger partial charge < -0.3 is 14.7 Å². The predicted molar refractivity (Wildman–Crippen MR) is 121 cm³/mol. The van der Waals surface area contributed by atoms with Crippen LogP contribution in [0.1, 0.15) is 28.7 Å². The summed E-state index contributed by atoms with van der Waals surface area (Å²) < 4.78 is 6.29. The number of hydrogen-bond donors (Lipinski definition) is 1. The molecular weight excluding hydrogens is 434 g/mol. The number of fused-ring (bicyclic) bond motifs is 1. The zero-order chi connectivity index (χ0) is 23.4. The van der Waals surface area contributed by atoms with Crippen molar-refractivity contribution in [2.75, 3.05) is 11.4 Å². The van der Waals surface area contributed by atoms with E-state index in [1.54, 1.807) is 31.3 Å². The average molecular weight is 454 g/mol. The molecule has 0 spiro atoms. The third-order valence-corrected chi connectivity index (χ3v) is 5.22. The van der Waals surface area contributed by atoms with Crippen LogP contribution >= 0.6 is 11.6 Å². The van der Waals surface area contributed by atoms with E-state index in [1.807, 2.05) is 4.90 Å². The molecule has 0 radical (unpaired) electrons. The monoisotopic (exact) mass is 453 g/mol. The third-order valence-electron chi connectivity index (χ3n) is 4.86. The van der Waals surface area contributed by atoms with Crippen LogP contribution in [0.4, 0.5) is 5.69 Å². The molecule has 3 rings (SSSR count). The number of carboxylic acid groups (broad SMARTS) is 1. The molecule has 0 unspecified atom stereocenters. The summed E-state index contributed by atoms with van der Waals surface area (Å²) in [4.78, 5) is 41.3. The Hall–Kier alpha value is -3.83. The van der Waals surface area contributed by atoms with Gasteiger partial charge in [-0.15, -0.1) is 6.42 Å². The zero-order valence-corrected chi connectivity index (χ0v) is 18.2. The van der Waals surface area contributed by atoms with Crippen molar-refractivity contribution in [3.8, 4) is 12.3 Å². The van der Waals surface area contributed by atoms with E-state index < -0.39 is 11.9 Å². The molecule has 3 aromatic rings. The summed E-state index contributed by atoms with van der Waals surface area (Å²) in [5, 5.41) is 9.84. The lowest BCUT2D eigenvalue weighted by Crippen LogP contribution is -2.25. The molecule has 0 aliphatic carbocycles. The van der Waals surface area contributed by atoms with Crippen molar-refractivity contribution in [3.63, 3.8) is 0 Å². The Kier molecular flexibility index (Phi) is 6.81. The Bertz CT molecular complexity index is 1290. The molecule has 1 heterocycles. The number of carbonyl (C=O) groups excluding carboxylic acids is 1. The molecule has 8 nitrogen and oxygen atoms in total. The minimum absolute atomic E-state index is 0.126. The Labute approximate surface area is 189 Å². The van der Waals surface area contributed by atoms with Crippen molar-refractivity contribution in [2.45, 2.75) is 20.1 Å². The van der Waals surface area contributed by atoms with Crippen LogP contribution < -0.4 is 10.5 Å². The molecule has 0 saturated heterocycles. The Morgan fingerprint density at radius 3 is 2.56 bits per heavy atom. The Balaban J connectivity index is 1.99. The maximum absolute atomic E-state index is 12.9. The van der Waals surface area contributed by atoms with Crippen LogP contribution in [0.25, 0.3) is 10.9 Å². The summed E-state index contributed by atoms with van der Waals surface area (Å²) in [5.41, 5.74) is 1.62. The second kappa shape index (κ2) is 9.54. The van der Waals surface area contributed by atoms with E-state index in [2.05, 4.69) is 10.9 Å². The van der Waals surface area contributed by atoms with Crippen molar-refractivity contribution in [2.24, 2.45) is 7.05 Å². The first kappa shape index (κ1) is 22.8. The third kappa shape index (κ3) is 4.90. The van der Waals surface area contributed by atoms with Crippen LogP contribution in [-0.2, 0) is 29.7 Å². The minimum atomic E-state index is -1.02. The normalized spacial score (nSPS) is 10.6. The van der Waals surface area contributed by atoms with E-state index in [0.29, 0.717) is 39.5 Å². The number of aromatic carboxylic acids is 1. The van der Waals surface area contributed by atoms with E-state index in [1.165, 1.54) is 23.6 Å². The maximum Gasteiger partial charge on any atom is 0.335 e. The second-order valence-corrected chi connectivity index (χ2v) is 7.45. The molecule has 0 aliphatic rings. The lowest BCUT2D eigenvalue weighted by Gasteiger charge is -2.23. The van der Waals surface area contributed by atoms with Gasteiger partial charge in [-0.1, -0.05) is 17.5 Å². The first-order valence-corrected chi connectivity index (χ1v) is 9.92. The van der Waals surface area contributed by atoms with E-state index >= 15 is 0 Å². The van der Waals surface area contributed by atoms with Gasteiger partial charge in [-0.25, -0.2) is 9.78 Å². The summed E-state index contributed by atoms with van der Waals surface area (Å²) in [6.45, 7) is 1.69. The molecule has 0 saturated carbocycles. The Morgan fingerprint density at radius 1 is 1.28 bits per heavy atom. The van der Waals surface area contributed by atoms with Crippen molar-refractivity contribution >= 4 is 40.1 Å². The number of rotatable bonds is 7. The summed E-state index contributed by atoms with van der Waals surface area (Å²) in [6, 6.07) is 9.57. The summed E-state index contributed by atoms with van der Waals surface area (Å²) >= 11 is 6.48. The zero-order valence-electron chi connectivity index (χ0n) is 17.5. The molecule has 0 fully saturated rings. The number of nitrogens with zero attached hydrogens (tertiary/aromatic N) is 3. The number of halogens is 1. The number of benzene rings is 2. The van der Waals surface area contributed by atoms with Gasteiger partial charge in [-0.05, 0) is 42.0 Å². The predicted octanol–water partition coefficient (Wildman–Crippen LogP) is 2.99. The lowest BCUT2D eigenvalue weighted by molar-refractivity contribution is -0.142. The number of aromatic nitrogens is 2. The summed E-state index contributed by atoms with van der Waals surface area (Å²) in [6.07, 6.45) is 5.52. The molecule has 0 bridgehead atoms. The molecule has 2 aromatic carbocycles. The first-order chi connectivity index (χ1) is 15.2. The largest absolute Gasteiger partial charge is 0.478 e. The lowest BCUT2D eigenvalue weighted by atomic mass is 10.1. The number of ether oxygens (including phenoxy) is 1. The fourth-order valence-electron chi connectivity index (χ4n) is 3.17. The van der Waals surface area contributed by atoms with Gasteiger partial charge in [-0.3, -0.25) is 14.2 Å². The van der Waals surface area contributed by atoms with Gasteiger partial charge >= 0.3 is 11.9 Å². The highest BCUT2D eigenvalue weighted by Crippen LogP contribution is 2.25. The van der Waals surface area contributed by atoms with Gasteiger partial charge in [0.1, 0.15) is 12.4 Å². The van der Waals surface area contributed by atoms with Gasteiger partial charge in [0.05, 0.1) is 23.0 Å². The number of anilines is 1. The number of hydrogen-bond acceptors (Lipinski definition) is 6. The van der Waals surface area contributed by atoms with Crippen molar-refractivity contribution < 1.29 is 19.4 Å².